The van der Waals surface area contributed by atoms with Crippen molar-refractivity contribution in [3.63, 3.8) is 0 Å². The zero-order chi connectivity index (χ0) is 13.2. The minimum Gasteiger partial charge on any atom is -0.361 e. The summed E-state index contributed by atoms with van der Waals surface area (Å²) < 4.78 is 34.8. The van der Waals surface area contributed by atoms with Gasteiger partial charge in [-0.2, -0.15) is 8.42 Å². The summed E-state index contributed by atoms with van der Waals surface area (Å²) in [5, 5.41) is 0. The maximum absolute atomic E-state index is 10.8. The van der Waals surface area contributed by atoms with Crippen molar-refractivity contribution in [2.24, 2.45) is 0 Å². The van der Waals surface area contributed by atoms with Crippen LogP contribution < -0.4 is 4.18 Å². The van der Waals surface area contributed by atoms with E-state index in [1.807, 2.05) is 31.2 Å². The van der Waals surface area contributed by atoms with Crippen LogP contribution in [0, 0.1) is 6.92 Å². The van der Waals surface area contributed by atoms with Crippen LogP contribution in [0.25, 0.3) is 11.1 Å². The average molecular weight is 264 g/mol. The highest BCUT2D eigenvalue weighted by atomic mass is 32.3. The predicted molar refractivity (Wildman–Crippen MR) is 68.8 cm³/mol. The van der Waals surface area contributed by atoms with E-state index in [-0.39, 0.29) is 5.75 Å². The van der Waals surface area contributed by atoms with Gasteiger partial charge in [0.2, 0.25) is 0 Å². The first-order chi connectivity index (χ1) is 8.46. The van der Waals surface area contributed by atoms with Gasteiger partial charge in [0.15, 0.2) is 5.75 Å². The molecule has 18 heavy (non-hydrogen) atoms. The van der Waals surface area contributed by atoms with Crippen LogP contribution in [0.15, 0.2) is 48.5 Å². The molecule has 0 aliphatic heterocycles. The number of hydrogen-bond donors (Lipinski definition) is 1. The van der Waals surface area contributed by atoms with E-state index in [2.05, 4.69) is 4.18 Å². The summed E-state index contributed by atoms with van der Waals surface area (Å²) in [5.41, 5.74) is 2.53. The normalized spacial score (nSPS) is 11.2. The Morgan fingerprint density at radius 3 is 2.22 bits per heavy atom. The van der Waals surface area contributed by atoms with E-state index < -0.39 is 10.4 Å². The molecular formula is C13H12O4S. The molecule has 2 aromatic carbocycles. The second kappa shape index (κ2) is 4.80. The van der Waals surface area contributed by atoms with Gasteiger partial charge in [-0.05, 0) is 18.6 Å². The van der Waals surface area contributed by atoms with Crippen molar-refractivity contribution in [2.45, 2.75) is 6.92 Å². The smallest absolute Gasteiger partial charge is 0.361 e. The van der Waals surface area contributed by atoms with Gasteiger partial charge in [0.1, 0.15) is 0 Å². The van der Waals surface area contributed by atoms with Crippen LogP contribution in [0.3, 0.4) is 0 Å². The first-order valence-electron chi connectivity index (χ1n) is 5.29. The van der Waals surface area contributed by atoms with Gasteiger partial charge in [-0.15, -0.1) is 0 Å². The predicted octanol–water partition coefficient (Wildman–Crippen LogP) is 2.84. The van der Waals surface area contributed by atoms with Gasteiger partial charge in [-0.1, -0.05) is 48.0 Å². The second-order valence-corrected chi connectivity index (χ2v) is 4.90. The molecule has 0 fully saturated rings. The van der Waals surface area contributed by atoms with Crippen LogP contribution in [-0.4, -0.2) is 13.0 Å². The lowest BCUT2D eigenvalue weighted by molar-refractivity contribution is 0.387. The number of benzene rings is 2. The fraction of sp³-hybridized carbons (Fsp3) is 0.0769. The van der Waals surface area contributed by atoms with Gasteiger partial charge in [0, 0.05) is 5.56 Å². The van der Waals surface area contributed by atoms with Crippen molar-refractivity contribution in [3.05, 3.63) is 54.1 Å². The summed E-state index contributed by atoms with van der Waals surface area (Å²) in [4.78, 5) is 0. The highest BCUT2D eigenvalue weighted by Gasteiger charge is 2.12. The van der Waals surface area contributed by atoms with Crippen LogP contribution in [-0.2, 0) is 10.4 Å². The number of para-hydroxylation sites is 1. The molecule has 0 heterocycles. The molecule has 5 heteroatoms. The summed E-state index contributed by atoms with van der Waals surface area (Å²) in [5.74, 6) is 0.101. The Balaban J connectivity index is 2.48. The summed E-state index contributed by atoms with van der Waals surface area (Å²) in [6, 6.07) is 14.2. The molecule has 0 radical (unpaired) electrons. The van der Waals surface area contributed by atoms with Crippen molar-refractivity contribution in [3.8, 4) is 16.9 Å². The van der Waals surface area contributed by atoms with Crippen LogP contribution in [0.4, 0.5) is 0 Å². The van der Waals surface area contributed by atoms with E-state index in [0.717, 1.165) is 11.1 Å². The molecule has 0 amide bonds. The van der Waals surface area contributed by atoms with Crippen molar-refractivity contribution in [1.82, 2.24) is 0 Å². The van der Waals surface area contributed by atoms with Gasteiger partial charge in [0.05, 0.1) is 0 Å². The molecule has 0 atom stereocenters. The maximum atomic E-state index is 10.8. The van der Waals surface area contributed by atoms with Gasteiger partial charge < -0.3 is 4.18 Å². The largest absolute Gasteiger partial charge is 0.446 e. The van der Waals surface area contributed by atoms with Gasteiger partial charge >= 0.3 is 10.4 Å². The number of hydrogen-bond acceptors (Lipinski definition) is 3. The summed E-state index contributed by atoms with van der Waals surface area (Å²) in [6.07, 6.45) is 0. The first-order valence-corrected chi connectivity index (χ1v) is 6.65. The van der Waals surface area contributed by atoms with Crippen LogP contribution in [0.1, 0.15) is 5.56 Å². The molecule has 0 saturated heterocycles. The zero-order valence-electron chi connectivity index (χ0n) is 9.70. The SMILES string of the molecule is Cc1ccc(-c2ccccc2OS(=O)(=O)O)cc1. The van der Waals surface area contributed by atoms with Crippen molar-refractivity contribution >= 4 is 10.4 Å². The maximum Gasteiger partial charge on any atom is 0.446 e. The lowest BCUT2D eigenvalue weighted by Crippen LogP contribution is -2.07. The van der Waals surface area contributed by atoms with Gasteiger partial charge in [0.25, 0.3) is 0 Å². The standard InChI is InChI=1S/C13H12O4S/c1-10-6-8-11(9-7-10)12-4-2-3-5-13(12)17-18(14,15)16/h2-9H,1H3,(H,14,15,16). The fourth-order valence-electron chi connectivity index (χ4n) is 1.62. The fourth-order valence-corrected chi connectivity index (χ4v) is 2.00. The molecule has 2 aromatic rings. The minimum absolute atomic E-state index is 0.101. The highest BCUT2D eigenvalue weighted by Crippen LogP contribution is 2.30. The van der Waals surface area contributed by atoms with Crippen molar-refractivity contribution in [1.29, 1.82) is 0 Å². The molecular weight excluding hydrogens is 252 g/mol. The lowest BCUT2D eigenvalue weighted by Gasteiger charge is -2.08. The molecule has 0 unspecified atom stereocenters. The zero-order valence-corrected chi connectivity index (χ0v) is 10.5. The Morgan fingerprint density at radius 1 is 1.00 bits per heavy atom. The molecule has 0 spiro atoms. The summed E-state index contributed by atoms with van der Waals surface area (Å²) >= 11 is 0. The summed E-state index contributed by atoms with van der Waals surface area (Å²) in [7, 11) is -4.52. The summed E-state index contributed by atoms with van der Waals surface area (Å²) in [6.45, 7) is 1.96. The molecule has 1 N–H and O–H groups in total. The van der Waals surface area contributed by atoms with Crippen LogP contribution in [0.2, 0.25) is 0 Å². The Labute approximate surface area is 106 Å². The third kappa shape index (κ3) is 3.09. The molecule has 0 saturated carbocycles. The molecule has 4 nitrogen and oxygen atoms in total. The number of rotatable bonds is 3. The number of aryl methyl sites for hydroxylation is 1. The van der Waals surface area contributed by atoms with E-state index >= 15 is 0 Å². The Bertz CT molecular complexity index is 645. The molecule has 0 aliphatic rings. The Morgan fingerprint density at radius 2 is 1.61 bits per heavy atom. The van der Waals surface area contributed by atoms with E-state index in [1.165, 1.54) is 6.07 Å². The lowest BCUT2D eigenvalue weighted by atomic mass is 10.0. The van der Waals surface area contributed by atoms with E-state index in [1.54, 1.807) is 18.2 Å². The van der Waals surface area contributed by atoms with Crippen LogP contribution in [0.5, 0.6) is 5.75 Å². The minimum atomic E-state index is -4.52. The Kier molecular flexibility index (Phi) is 3.36. The Hall–Kier alpha value is -1.85. The van der Waals surface area contributed by atoms with E-state index in [9.17, 15) is 8.42 Å². The van der Waals surface area contributed by atoms with E-state index in [0.29, 0.717) is 5.56 Å². The van der Waals surface area contributed by atoms with Crippen molar-refractivity contribution < 1.29 is 17.2 Å². The quantitative estimate of drug-likeness (QED) is 0.866. The molecule has 94 valence electrons. The van der Waals surface area contributed by atoms with Crippen molar-refractivity contribution in [2.75, 3.05) is 0 Å². The van der Waals surface area contributed by atoms with Gasteiger partial charge in [-0.25, -0.2) is 0 Å². The third-order valence-corrected chi connectivity index (χ3v) is 2.83. The van der Waals surface area contributed by atoms with E-state index in [4.69, 9.17) is 4.55 Å². The first kappa shape index (κ1) is 12.6. The highest BCUT2D eigenvalue weighted by molar-refractivity contribution is 7.81. The molecule has 0 bridgehead atoms. The topological polar surface area (TPSA) is 63.6 Å². The van der Waals surface area contributed by atoms with Crippen LogP contribution >= 0.6 is 0 Å². The van der Waals surface area contributed by atoms with Gasteiger partial charge in [-0.3, -0.25) is 4.55 Å². The third-order valence-electron chi connectivity index (χ3n) is 2.44. The monoisotopic (exact) mass is 264 g/mol. The molecule has 0 aliphatic carbocycles. The molecule has 0 aromatic heterocycles. The molecule has 2 rings (SSSR count). The second-order valence-electron chi connectivity index (χ2n) is 3.87. The average Bonchev–Trinajstić information content (AvgIpc) is 2.29.